The van der Waals surface area contributed by atoms with E-state index in [1.807, 2.05) is 56.3 Å². The lowest BCUT2D eigenvalue weighted by molar-refractivity contribution is -0.134. The Labute approximate surface area is 179 Å². The van der Waals surface area contributed by atoms with E-state index in [4.69, 9.17) is 5.26 Å². The molecule has 0 spiro atoms. The zero-order valence-corrected chi connectivity index (χ0v) is 18.4. The number of phenols is 1. The number of anilines is 1. The number of aromatic hydroxyl groups is 1. The van der Waals surface area contributed by atoms with Crippen LogP contribution in [0.5, 0.6) is 5.75 Å². The van der Waals surface area contributed by atoms with Crippen molar-refractivity contribution in [1.82, 2.24) is 9.80 Å². The largest absolute Gasteiger partial charge is 0.508 e. The van der Waals surface area contributed by atoms with Crippen LogP contribution in [-0.2, 0) is 11.2 Å². The van der Waals surface area contributed by atoms with Gasteiger partial charge in [-0.1, -0.05) is 44.2 Å². The van der Waals surface area contributed by atoms with E-state index in [0.717, 1.165) is 37.4 Å². The van der Waals surface area contributed by atoms with Crippen molar-refractivity contribution in [2.75, 3.05) is 45.2 Å². The van der Waals surface area contributed by atoms with Crippen molar-refractivity contribution in [3.05, 3.63) is 59.7 Å². The van der Waals surface area contributed by atoms with Gasteiger partial charge in [0.2, 0.25) is 5.91 Å². The van der Waals surface area contributed by atoms with Crippen LogP contribution >= 0.6 is 0 Å². The van der Waals surface area contributed by atoms with E-state index in [2.05, 4.69) is 15.9 Å². The molecule has 30 heavy (non-hydrogen) atoms. The number of hydrogen-bond donors (Lipinski definition) is 1. The van der Waals surface area contributed by atoms with Gasteiger partial charge in [-0.3, -0.25) is 9.69 Å². The van der Waals surface area contributed by atoms with Crippen LogP contribution in [0.15, 0.2) is 48.5 Å². The first-order valence-electron chi connectivity index (χ1n) is 10.4. The van der Waals surface area contributed by atoms with Gasteiger partial charge in [-0.25, -0.2) is 0 Å². The van der Waals surface area contributed by atoms with Crippen LogP contribution in [0, 0.1) is 11.3 Å². The molecule has 0 aliphatic carbocycles. The highest BCUT2D eigenvalue weighted by Gasteiger charge is 2.31. The number of phenolic OH excluding ortho intramolecular Hbond substituents is 1. The summed E-state index contributed by atoms with van der Waals surface area (Å²) in [4.78, 5) is 19.0. The summed E-state index contributed by atoms with van der Waals surface area (Å²) < 4.78 is 0. The van der Waals surface area contributed by atoms with Gasteiger partial charge in [0.1, 0.15) is 11.8 Å². The van der Waals surface area contributed by atoms with E-state index in [-0.39, 0.29) is 24.1 Å². The molecule has 1 unspecified atom stereocenters. The third-order valence-electron chi connectivity index (χ3n) is 5.17. The molecule has 1 atom stereocenters. The molecule has 1 aliphatic rings. The Bertz CT molecular complexity index is 853. The lowest BCUT2D eigenvalue weighted by atomic mass is 10.0. The summed E-state index contributed by atoms with van der Waals surface area (Å²) in [6.45, 7) is 7.07. The number of amides is 1. The van der Waals surface area contributed by atoms with Gasteiger partial charge in [0, 0.05) is 51.5 Å². The van der Waals surface area contributed by atoms with Gasteiger partial charge in [0.15, 0.2) is 0 Å². The molecule has 0 bridgehead atoms. The zero-order chi connectivity index (χ0) is 22.1. The first kappa shape index (κ1) is 23.2. The average molecular weight is 409 g/mol. The predicted molar refractivity (Wildman–Crippen MR) is 120 cm³/mol. The summed E-state index contributed by atoms with van der Waals surface area (Å²) in [7, 11) is 3.59. The molecule has 0 saturated carbocycles. The van der Waals surface area contributed by atoms with Crippen LogP contribution in [0.25, 0.3) is 0 Å². The Morgan fingerprint density at radius 3 is 2.30 bits per heavy atom. The van der Waals surface area contributed by atoms with Crippen LogP contribution in [0.1, 0.15) is 31.0 Å². The number of nitrogens with zero attached hydrogens (tertiary/aromatic N) is 4. The number of hydrogen-bond acceptors (Lipinski definition) is 5. The minimum atomic E-state index is -0.285. The Kier molecular flexibility index (Phi) is 8.70. The van der Waals surface area contributed by atoms with Gasteiger partial charge < -0.3 is 14.9 Å². The van der Waals surface area contributed by atoms with Crippen molar-refractivity contribution in [1.29, 1.82) is 5.26 Å². The molecule has 6 heteroatoms. The fraction of sp³-hybridized carbons (Fsp3) is 0.417. The number of benzene rings is 2. The molecule has 2 aromatic rings. The maximum absolute atomic E-state index is 12.9. The number of piperazine rings is 1. The highest BCUT2D eigenvalue weighted by Crippen LogP contribution is 2.28. The second-order valence-corrected chi connectivity index (χ2v) is 7.22. The lowest BCUT2D eigenvalue weighted by Crippen LogP contribution is -2.51. The highest BCUT2D eigenvalue weighted by atomic mass is 16.3. The first-order valence-corrected chi connectivity index (χ1v) is 10.4. The molecule has 6 nitrogen and oxygen atoms in total. The number of rotatable bonds is 5. The van der Waals surface area contributed by atoms with Gasteiger partial charge in [0.25, 0.3) is 0 Å². The van der Waals surface area contributed by atoms with Crippen LogP contribution in [0.4, 0.5) is 5.69 Å². The first-order chi connectivity index (χ1) is 14.5. The van der Waals surface area contributed by atoms with Crippen LogP contribution in [0.3, 0.4) is 0 Å². The van der Waals surface area contributed by atoms with Crippen molar-refractivity contribution in [2.45, 2.75) is 26.3 Å². The minimum absolute atomic E-state index is 0.0839. The predicted octanol–water partition coefficient (Wildman–Crippen LogP) is 3.44. The molecule has 1 aliphatic heterocycles. The zero-order valence-electron chi connectivity index (χ0n) is 18.4. The summed E-state index contributed by atoms with van der Waals surface area (Å²) in [5.41, 5.74) is 2.65. The van der Waals surface area contributed by atoms with Crippen molar-refractivity contribution in [3.8, 4) is 11.8 Å². The Balaban J connectivity index is 0.00000155. The number of likely N-dealkylation sites (N-methyl/N-ethyl adjacent to an activating group) is 1. The van der Waals surface area contributed by atoms with E-state index in [0.29, 0.717) is 5.56 Å². The van der Waals surface area contributed by atoms with E-state index < -0.39 is 0 Å². The Morgan fingerprint density at radius 1 is 1.10 bits per heavy atom. The fourth-order valence-electron chi connectivity index (χ4n) is 3.62. The number of carbonyl (C=O) groups is 1. The smallest absolute Gasteiger partial charge is 0.244 e. The summed E-state index contributed by atoms with van der Waals surface area (Å²) in [5.74, 6) is 0.241. The summed E-state index contributed by atoms with van der Waals surface area (Å²) in [6.07, 6.45) is 0.188. The molecule has 2 aromatic carbocycles. The maximum Gasteiger partial charge on any atom is 0.244 e. The monoisotopic (exact) mass is 408 g/mol. The molecule has 1 fully saturated rings. The summed E-state index contributed by atoms with van der Waals surface area (Å²) in [6, 6.07) is 17.1. The topological polar surface area (TPSA) is 70.8 Å². The van der Waals surface area contributed by atoms with Gasteiger partial charge >= 0.3 is 0 Å². The normalized spacial score (nSPS) is 14.8. The number of carbonyl (C=O) groups excluding carboxylic acids is 1. The van der Waals surface area contributed by atoms with E-state index >= 15 is 0 Å². The molecule has 0 radical (unpaired) electrons. The van der Waals surface area contributed by atoms with Crippen molar-refractivity contribution >= 4 is 11.6 Å². The number of nitriles is 1. The van der Waals surface area contributed by atoms with Gasteiger partial charge in [-0.2, -0.15) is 5.26 Å². The quantitative estimate of drug-likeness (QED) is 0.821. The third-order valence-corrected chi connectivity index (χ3v) is 5.17. The van der Waals surface area contributed by atoms with E-state index in [9.17, 15) is 9.90 Å². The molecular weight excluding hydrogens is 376 g/mol. The molecule has 1 heterocycles. The van der Waals surface area contributed by atoms with Crippen LogP contribution in [-0.4, -0.2) is 61.1 Å². The van der Waals surface area contributed by atoms with Gasteiger partial charge in [-0.15, -0.1) is 0 Å². The van der Waals surface area contributed by atoms with Crippen LogP contribution in [0.2, 0.25) is 0 Å². The SMILES string of the molecule is CC.CN(C)C(=O)C(c1ccccc1)N1CCN(c2ccc(O)c(CC#N)c2)CC1. The molecular formula is C24H32N4O2. The van der Waals surface area contributed by atoms with Crippen molar-refractivity contribution in [3.63, 3.8) is 0 Å². The average Bonchev–Trinajstić information content (AvgIpc) is 2.78. The molecule has 0 aromatic heterocycles. The van der Waals surface area contributed by atoms with E-state index in [1.54, 1.807) is 25.1 Å². The highest BCUT2D eigenvalue weighted by molar-refractivity contribution is 5.83. The second kappa shape index (κ2) is 11.2. The Morgan fingerprint density at radius 2 is 1.73 bits per heavy atom. The summed E-state index contributed by atoms with van der Waals surface area (Å²) in [5, 5.41) is 18.8. The van der Waals surface area contributed by atoms with Gasteiger partial charge in [0.05, 0.1) is 12.5 Å². The van der Waals surface area contributed by atoms with Crippen molar-refractivity contribution in [2.24, 2.45) is 0 Å². The summed E-state index contributed by atoms with van der Waals surface area (Å²) >= 11 is 0. The van der Waals surface area contributed by atoms with E-state index in [1.165, 1.54) is 0 Å². The van der Waals surface area contributed by atoms with Gasteiger partial charge in [-0.05, 0) is 23.8 Å². The Hall–Kier alpha value is -3.04. The van der Waals surface area contributed by atoms with Crippen LogP contribution < -0.4 is 4.90 Å². The molecule has 1 saturated heterocycles. The third kappa shape index (κ3) is 5.52. The molecule has 160 valence electrons. The second-order valence-electron chi connectivity index (χ2n) is 7.22. The lowest BCUT2D eigenvalue weighted by Gasteiger charge is -2.40. The van der Waals surface area contributed by atoms with Crippen molar-refractivity contribution < 1.29 is 9.90 Å². The maximum atomic E-state index is 12.9. The fourth-order valence-corrected chi connectivity index (χ4v) is 3.62. The minimum Gasteiger partial charge on any atom is -0.508 e. The molecule has 3 rings (SSSR count). The molecule has 1 N–H and O–H groups in total. The standard InChI is InChI=1S/C22H26N4O2.C2H6/c1-24(2)22(28)21(17-6-4-3-5-7-17)26-14-12-25(13-15-26)19-8-9-20(27)18(16-19)10-11-23;1-2/h3-9,16,21,27H,10,12-15H2,1-2H3;1-2H3. The molecule has 1 amide bonds.